The molecule has 0 heterocycles. The van der Waals surface area contributed by atoms with Crippen molar-refractivity contribution in [3.05, 3.63) is 0 Å². The Kier molecular flexibility index (Phi) is 1.10. The van der Waals surface area contributed by atoms with E-state index in [1.807, 2.05) is 0 Å². The Morgan fingerprint density at radius 1 is 1.75 bits per heavy atom. The summed E-state index contributed by atoms with van der Waals surface area (Å²) in [5.41, 5.74) is -1.08. The Bertz CT molecular complexity index is 116. The van der Waals surface area contributed by atoms with Gasteiger partial charge >= 0.3 is 0 Å². The van der Waals surface area contributed by atoms with Gasteiger partial charge in [-0.25, -0.2) is 4.39 Å². The summed E-state index contributed by atoms with van der Waals surface area (Å²) in [5, 5.41) is 0. The molecule has 0 N–H and O–H groups in total. The van der Waals surface area contributed by atoms with Crippen molar-refractivity contribution >= 4 is 5.78 Å². The summed E-state index contributed by atoms with van der Waals surface area (Å²) < 4.78 is 12.5. The molecule has 0 unspecified atom stereocenters. The number of Topliss-reactive ketones (excluding diaryl/α,β-unsaturated/α-hetero) is 1. The first-order valence-corrected chi connectivity index (χ1v) is 2.81. The van der Waals surface area contributed by atoms with Crippen LogP contribution in [0.3, 0.4) is 0 Å². The zero-order valence-electron chi connectivity index (χ0n) is 4.91. The molecule has 0 spiro atoms. The molecule has 0 amide bonds. The van der Waals surface area contributed by atoms with E-state index < -0.39 is 5.67 Å². The molecule has 0 atom stereocenters. The van der Waals surface area contributed by atoms with E-state index in [9.17, 15) is 9.18 Å². The van der Waals surface area contributed by atoms with Crippen molar-refractivity contribution in [3.8, 4) is 0 Å². The second-order valence-electron chi connectivity index (χ2n) is 2.53. The third-order valence-electron chi connectivity index (χ3n) is 1.36. The van der Waals surface area contributed by atoms with E-state index in [0.717, 1.165) is 0 Å². The molecule has 1 aliphatic rings. The van der Waals surface area contributed by atoms with E-state index in [-0.39, 0.29) is 12.2 Å². The highest BCUT2D eigenvalue weighted by atomic mass is 19.1. The van der Waals surface area contributed by atoms with Crippen molar-refractivity contribution in [1.29, 1.82) is 0 Å². The first kappa shape index (κ1) is 5.73. The topological polar surface area (TPSA) is 17.1 Å². The molecule has 0 aromatic rings. The second-order valence-corrected chi connectivity index (χ2v) is 2.53. The lowest BCUT2D eigenvalue weighted by Crippen LogP contribution is -2.05. The standard InChI is InChI=1S/C6H9FO/c1-5(8)4-6(7)2-3-6/h2-4H2,1H3. The van der Waals surface area contributed by atoms with Crippen LogP contribution < -0.4 is 0 Å². The highest BCUT2D eigenvalue weighted by molar-refractivity contribution is 5.77. The third kappa shape index (κ3) is 1.29. The van der Waals surface area contributed by atoms with Crippen molar-refractivity contribution in [2.24, 2.45) is 0 Å². The molecule has 0 bridgehead atoms. The van der Waals surface area contributed by atoms with Gasteiger partial charge in [-0.05, 0) is 19.8 Å². The first-order valence-electron chi connectivity index (χ1n) is 2.81. The minimum absolute atomic E-state index is 0.0370. The third-order valence-corrected chi connectivity index (χ3v) is 1.36. The van der Waals surface area contributed by atoms with Crippen LogP contribution in [0.1, 0.15) is 26.2 Å². The maximum absolute atomic E-state index is 12.5. The summed E-state index contributed by atoms with van der Waals surface area (Å²) in [5.74, 6) is -0.0370. The van der Waals surface area contributed by atoms with E-state index in [2.05, 4.69) is 0 Å². The minimum atomic E-state index is -1.08. The summed E-state index contributed by atoms with van der Waals surface area (Å²) in [4.78, 5) is 10.3. The Balaban J connectivity index is 2.29. The molecule has 1 aliphatic carbocycles. The van der Waals surface area contributed by atoms with Crippen molar-refractivity contribution < 1.29 is 9.18 Å². The number of hydrogen-bond donors (Lipinski definition) is 0. The molecule has 0 aromatic carbocycles. The van der Waals surface area contributed by atoms with Crippen LogP contribution in [-0.4, -0.2) is 11.5 Å². The number of ketones is 1. The first-order chi connectivity index (χ1) is 3.62. The number of carbonyl (C=O) groups is 1. The number of alkyl halides is 1. The van der Waals surface area contributed by atoms with Gasteiger partial charge in [0, 0.05) is 6.42 Å². The highest BCUT2D eigenvalue weighted by Gasteiger charge is 2.43. The molecule has 1 saturated carbocycles. The summed E-state index contributed by atoms with van der Waals surface area (Å²) in [6.07, 6.45) is 1.31. The van der Waals surface area contributed by atoms with Gasteiger partial charge in [0.25, 0.3) is 0 Å². The SMILES string of the molecule is CC(=O)CC1(F)CC1. The van der Waals surface area contributed by atoms with E-state index in [1.165, 1.54) is 6.92 Å². The molecule has 8 heavy (non-hydrogen) atoms. The van der Waals surface area contributed by atoms with Crippen molar-refractivity contribution in [3.63, 3.8) is 0 Å². The normalized spacial score (nSPS) is 22.8. The van der Waals surface area contributed by atoms with E-state index in [1.54, 1.807) is 0 Å². The van der Waals surface area contributed by atoms with E-state index in [4.69, 9.17) is 0 Å². The van der Waals surface area contributed by atoms with Gasteiger partial charge in [-0.1, -0.05) is 0 Å². The van der Waals surface area contributed by atoms with Crippen LogP contribution in [0.2, 0.25) is 0 Å². The molecule has 46 valence electrons. The molecular weight excluding hydrogens is 107 g/mol. The maximum atomic E-state index is 12.5. The number of hydrogen-bond acceptors (Lipinski definition) is 1. The van der Waals surface area contributed by atoms with Gasteiger partial charge < -0.3 is 0 Å². The number of carbonyl (C=O) groups excluding carboxylic acids is 1. The largest absolute Gasteiger partial charge is 0.300 e. The molecule has 0 radical (unpaired) electrons. The molecule has 0 saturated heterocycles. The van der Waals surface area contributed by atoms with Crippen molar-refractivity contribution in [1.82, 2.24) is 0 Å². The maximum Gasteiger partial charge on any atom is 0.133 e. The van der Waals surface area contributed by atoms with Crippen LogP contribution in [0.15, 0.2) is 0 Å². The van der Waals surface area contributed by atoms with Crippen molar-refractivity contribution in [2.45, 2.75) is 31.9 Å². The van der Waals surface area contributed by atoms with Gasteiger partial charge in [0.15, 0.2) is 0 Å². The lowest BCUT2D eigenvalue weighted by atomic mass is 10.2. The lowest BCUT2D eigenvalue weighted by molar-refractivity contribution is -0.118. The molecule has 0 aliphatic heterocycles. The fraction of sp³-hybridized carbons (Fsp3) is 0.833. The van der Waals surface area contributed by atoms with Crippen LogP contribution in [0.4, 0.5) is 4.39 Å². The molecule has 1 nitrogen and oxygen atoms in total. The summed E-state index contributed by atoms with van der Waals surface area (Å²) in [7, 11) is 0. The van der Waals surface area contributed by atoms with Crippen molar-refractivity contribution in [2.75, 3.05) is 0 Å². The molecule has 1 fully saturated rings. The molecular formula is C6H9FO. The van der Waals surface area contributed by atoms with Crippen LogP contribution >= 0.6 is 0 Å². The summed E-state index contributed by atoms with van der Waals surface area (Å²) in [6, 6.07) is 0. The summed E-state index contributed by atoms with van der Waals surface area (Å²) in [6.45, 7) is 1.43. The van der Waals surface area contributed by atoms with E-state index in [0.29, 0.717) is 12.8 Å². The zero-order chi connectivity index (χ0) is 6.20. The zero-order valence-corrected chi connectivity index (χ0v) is 4.91. The smallest absolute Gasteiger partial charge is 0.133 e. The fourth-order valence-electron chi connectivity index (χ4n) is 0.759. The van der Waals surface area contributed by atoms with Gasteiger partial charge in [-0.3, -0.25) is 4.79 Å². The predicted molar refractivity (Wildman–Crippen MR) is 28.4 cm³/mol. The lowest BCUT2D eigenvalue weighted by Gasteiger charge is -1.96. The van der Waals surface area contributed by atoms with E-state index >= 15 is 0 Å². The van der Waals surface area contributed by atoms with Gasteiger partial charge in [0.05, 0.1) is 0 Å². The average Bonchev–Trinajstić information content (AvgIpc) is 2.17. The number of rotatable bonds is 2. The monoisotopic (exact) mass is 116 g/mol. The van der Waals surface area contributed by atoms with Gasteiger partial charge in [-0.15, -0.1) is 0 Å². The number of halogens is 1. The molecule has 2 heteroatoms. The van der Waals surface area contributed by atoms with Crippen LogP contribution in [0, 0.1) is 0 Å². The molecule has 0 aromatic heterocycles. The van der Waals surface area contributed by atoms with Gasteiger partial charge in [0.1, 0.15) is 11.5 Å². The van der Waals surface area contributed by atoms with Crippen LogP contribution in [0.25, 0.3) is 0 Å². The Hall–Kier alpha value is -0.400. The van der Waals surface area contributed by atoms with Crippen LogP contribution in [0.5, 0.6) is 0 Å². The van der Waals surface area contributed by atoms with Gasteiger partial charge in [-0.2, -0.15) is 0 Å². The second kappa shape index (κ2) is 1.54. The summed E-state index contributed by atoms with van der Waals surface area (Å²) >= 11 is 0. The quantitative estimate of drug-likeness (QED) is 0.534. The predicted octanol–water partition coefficient (Wildman–Crippen LogP) is 1.47. The minimum Gasteiger partial charge on any atom is -0.300 e. The fourth-order valence-corrected chi connectivity index (χ4v) is 0.759. The Morgan fingerprint density at radius 3 is 2.38 bits per heavy atom. The Labute approximate surface area is 47.9 Å². The van der Waals surface area contributed by atoms with Gasteiger partial charge in [0.2, 0.25) is 0 Å². The highest BCUT2D eigenvalue weighted by Crippen LogP contribution is 2.42. The molecule has 1 rings (SSSR count). The Morgan fingerprint density at radius 2 is 2.25 bits per heavy atom. The average molecular weight is 116 g/mol. The van der Waals surface area contributed by atoms with Crippen LogP contribution in [-0.2, 0) is 4.79 Å².